The van der Waals surface area contributed by atoms with E-state index in [2.05, 4.69) is 16.7 Å². The molecule has 58 valence electrons. The molecule has 0 aromatic rings. The van der Waals surface area contributed by atoms with Crippen LogP contribution in [0.4, 0.5) is 0 Å². The van der Waals surface area contributed by atoms with Gasteiger partial charge in [-0.1, -0.05) is 24.8 Å². The van der Waals surface area contributed by atoms with E-state index in [1.54, 1.807) is 12.2 Å². The summed E-state index contributed by atoms with van der Waals surface area (Å²) in [5.41, 5.74) is 0. The molecule has 2 atom stereocenters. The van der Waals surface area contributed by atoms with Crippen LogP contribution < -0.4 is 0 Å². The van der Waals surface area contributed by atoms with Crippen molar-refractivity contribution in [1.82, 2.24) is 0 Å². The molecule has 1 rings (SSSR count). The van der Waals surface area contributed by atoms with Crippen LogP contribution in [-0.2, 0) is 4.84 Å². The zero-order valence-electron chi connectivity index (χ0n) is 5.98. The van der Waals surface area contributed by atoms with E-state index in [1.807, 2.05) is 6.92 Å². The second kappa shape index (κ2) is 3.06. The summed E-state index contributed by atoms with van der Waals surface area (Å²) in [6.45, 7) is 1.82. The summed E-state index contributed by atoms with van der Waals surface area (Å²) in [7, 11) is 0. The molecule has 0 bridgehead atoms. The maximum absolute atomic E-state index is 9.90. The highest BCUT2D eigenvalue weighted by molar-refractivity contribution is 5.25. The molecule has 4 nitrogen and oxygen atoms in total. The lowest BCUT2D eigenvalue weighted by atomic mass is 10.0. The Balaban J connectivity index is 2.57. The lowest BCUT2D eigenvalue weighted by molar-refractivity contribution is -0.766. The fourth-order valence-electron chi connectivity index (χ4n) is 0.778. The van der Waals surface area contributed by atoms with Crippen LogP contribution in [0.2, 0.25) is 0 Å². The molecular weight excluding hydrogens is 146 g/mol. The van der Waals surface area contributed by atoms with Crippen molar-refractivity contribution in [2.45, 2.75) is 13.0 Å². The Labute approximate surface area is 64.0 Å². The van der Waals surface area contributed by atoms with Gasteiger partial charge in [-0.3, -0.25) is 4.84 Å². The van der Waals surface area contributed by atoms with Crippen LogP contribution in [0.3, 0.4) is 0 Å². The minimum absolute atomic E-state index is 0.0124. The average molecular weight is 153 g/mol. The summed E-state index contributed by atoms with van der Waals surface area (Å²) in [5, 5.41) is 9.09. The monoisotopic (exact) mass is 153 g/mol. The summed E-state index contributed by atoms with van der Waals surface area (Å²) in [6, 6.07) is 0. The van der Waals surface area contributed by atoms with Gasteiger partial charge in [0.1, 0.15) is 0 Å². The summed E-state index contributed by atoms with van der Waals surface area (Å²) >= 11 is 0. The van der Waals surface area contributed by atoms with Gasteiger partial charge < -0.3 is 0 Å². The Morgan fingerprint density at radius 3 is 3.00 bits per heavy atom. The SMILES string of the molecule is CC1C=CC#CC1O[N+](=O)[O-]. The van der Waals surface area contributed by atoms with E-state index in [9.17, 15) is 10.1 Å². The minimum Gasteiger partial charge on any atom is -0.297 e. The maximum Gasteiger partial charge on any atom is 0.295 e. The highest BCUT2D eigenvalue weighted by atomic mass is 17.0. The van der Waals surface area contributed by atoms with E-state index in [0.29, 0.717) is 0 Å². The van der Waals surface area contributed by atoms with E-state index in [1.165, 1.54) is 0 Å². The zero-order chi connectivity index (χ0) is 8.27. The molecule has 0 saturated heterocycles. The number of hydrogen-bond donors (Lipinski definition) is 0. The molecule has 0 spiro atoms. The number of hydrogen-bond acceptors (Lipinski definition) is 3. The first-order chi connectivity index (χ1) is 5.20. The first kappa shape index (κ1) is 7.61. The van der Waals surface area contributed by atoms with Crippen molar-refractivity contribution in [3.05, 3.63) is 22.3 Å². The molecule has 1 aliphatic rings. The van der Waals surface area contributed by atoms with Crippen LogP contribution >= 0.6 is 0 Å². The molecule has 0 aromatic carbocycles. The summed E-state index contributed by atoms with van der Waals surface area (Å²) in [5.74, 6) is 5.20. The summed E-state index contributed by atoms with van der Waals surface area (Å²) in [4.78, 5) is 14.2. The molecule has 0 amide bonds. The standard InChI is InChI=1S/C7H7NO3/c1-6-4-2-3-5-7(6)11-8(9)10/h2,4,6-7H,1H3. The third-order valence-corrected chi connectivity index (χ3v) is 1.39. The van der Waals surface area contributed by atoms with E-state index in [4.69, 9.17) is 0 Å². The molecule has 11 heavy (non-hydrogen) atoms. The van der Waals surface area contributed by atoms with E-state index >= 15 is 0 Å². The van der Waals surface area contributed by atoms with Crippen molar-refractivity contribution in [1.29, 1.82) is 0 Å². The topological polar surface area (TPSA) is 52.4 Å². The van der Waals surface area contributed by atoms with Crippen molar-refractivity contribution in [3.8, 4) is 11.8 Å². The predicted octanol–water partition coefficient (Wildman–Crippen LogP) is 0.773. The summed E-state index contributed by atoms with van der Waals surface area (Å²) in [6.07, 6.45) is 2.85. The van der Waals surface area contributed by atoms with Crippen LogP contribution in [0.25, 0.3) is 0 Å². The predicted molar refractivity (Wildman–Crippen MR) is 37.9 cm³/mol. The fraction of sp³-hybridized carbons (Fsp3) is 0.429. The van der Waals surface area contributed by atoms with Crippen molar-refractivity contribution in [3.63, 3.8) is 0 Å². The van der Waals surface area contributed by atoms with E-state index in [0.717, 1.165) is 0 Å². The summed E-state index contributed by atoms with van der Waals surface area (Å²) < 4.78 is 0. The van der Waals surface area contributed by atoms with Crippen molar-refractivity contribution in [2.75, 3.05) is 0 Å². The van der Waals surface area contributed by atoms with Crippen molar-refractivity contribution >= 4 is 0 Å². The third kappa shape index (κ3) is 1.97. The van der Waals surface area contributed by atoms with E-state index in [-0.39, 0.29) is 5.92 Å². The molecule has 4 heteroatoms. The lowest BCUT2D eigenvalue weighted by Crippen LogP contribution is -2.22. The zero-order valence-corrected chi connectivity index (χ0v) is 5.98. The minimum atomic E-state index is -0.811. The van der Waals surface area contributed by atoms with Gasteiger partial charge >= 0.3 is 0 Å². The van der Waals surface area contributed by atoms with Crippen LogP contribution in [0.5, 0.6) is 0 Å². The van der Waals surface area contributed by atoms with Gasteiger partial charge in [-0.15, -0.1) is 10.1 Å². The first-order valence-corrected chi connectivity index (χ1v) is 3.19. The van der Waals surface area contributed by atoms with Gasteiger partial charge in [0, 0.05) is 5.92 Å². The van der Waals surface area contributed by atoms with Crippen LogP contribution in [0.1, 0.15) is 6.92 Å². The fourth-order valence-corrected chi connectivity index (χ4v) is 0.778. The Hall–Kier alpha value is -1.50. The first-order valence-electron chi connectivity index (χ1n) is 3.19. The van der Waals surface area contributed by atoms with Gasteiger partial charge in [-0.2, -0.15) is 0 Å². The van der Waals surface area contributed by atoms with Crippen LogP contribution in [-0.4, -0.2) is 11.2 Å². The smallest absolute Gasteiger partial charge is 0.295 e. The molecule has 2 unspecified atom stereocenters. The third-order valence-electron chi connectivity index (χ3n) is 1.39. The highest BCUT2D eigenvalue weighted by Crippen LogP contribution is 2.10. The molecule has 0 fully saturated rings. The molecule has 0 radical (unpaired) electrons. The van der Waals surface area contributed by atoms with Gasteiger partial charge in [-0.25, -0.2) is 0 Å². The largest absolute Gasteiger partial charge is 0.297 e. The Morgan fingerprint density at radius 1 is 1.73 bits per heavy atom. The van der Waals surface area contributed by atoms with E-state index < -0.39 is 11.2 Å². The molecule has 0 aromatic heterocycles. The molecule has 0 aliphatic heterocycles. The number of nitrogens with zero attached hydrogens (tertiary/aromatic N) is 1. The molecule has 0 heterocycles. The maximum atomic E-state index is 9.90. The highest BCUT2D eigenvalue weighted by Gasteiger charge is 2.17. The Morgan fingerprint density at radius 2 is 2.45 bits per heavy atom. The Kier molecular flexibility index (Phi) is 2.12. The Bertz CT molecular complexity index is 248. The normalized spacial score (nSPS) is 27.0. The van der Waals surface area contributed by atoms with Gasteiger partial charge in [0.25, 0.3) is 5.09 Å². The number of rotatable bonds is 2. The second-order valence-corrected chi connectivity index (χ2v) is 2.26. The molecule has 0 N–H and O–H groups in total. The van der Waals surface area contributed by atoms with Crippen LogP contribution in [0, 0.1) is 27.9 Å². The van der Waals surface area contributed by atoms with Gasteiger partial charge in [0.2, 0.25) is 0 Å². The quantitative estimate of drug-likeness (QED) is 0.334. The van der Waals surface area contributed by atoms with Gasteiger partial charge in [-0.05, 0) is 6.08 Å². The lowest BCUT2D eigenvalue weighted by Gasteiger charge is -2.14. The van der Waals surface area contributed by atoms with Gasteiger partial charge in [0.05, 0.1) is 0 Å². The van der Waals surface area contributed by atoms with Crippen molar-refractivity contribution < 1.29 is 9.92 Å². The van der Waals surface area contributed by atoms with Crippen LogP contribution in [0.15, 0.2) is 12.2 Å². The van der Waals surface area contributed by atoms with Gasteiger partial charge in [0.15, 0.2) is 6.10 Å². The second-order valence-electron chi connectivity index (χ2n) is 2.26. The number of allylic oxidation sites excluding steroid dienone is 1. The van der Waals surface area contributed by atoms with Crippen molar-refractivity contribution in [2.24, 2.45) is 5.92 Å². The average Bonchev–Trinajstić information content (AvgIpc) is 1.93. The molecular formula is C7H7NO3. The molecule has 1 aliphatic carbocycles. The molecule has 0 saturated carbocycles.